The van der Waals surface area contributed by atoms with E-state index in [1.165, 1.54) is 0 Å². The van der Waals surface area contributed by atoms with E-state index in [0.29, 0.717) is 23.5 Å². The molecule has 2 aromatic rings. The van der Waals surface area contributed by atoms with Gasteiger partial charge in [0.15, 0.2) is 6.04 Å². The van der Waals surface area contributed by atoms with Crippen LogP contribution in [0.15, 0.2) is 42.5 Å². The molecule has 0 heterocycles. The average Bonchev–Trinajstić information content (AvgIpc) is 2.63. The van der Waals surface area contributed by atoms with E-state index in [9.17, 15) is 19.5 Å². The minimum absolute atomic E-state index is 0.307. The van der Waals surface area contributed by atoms with Gasteiger partial charge in [0, 0.05) is 0 Å². The number of carbonyl (C=O) groups excluding carboxylic acids is 2. The van der Waals surface area contributed by atoms with E-state index < -0.39 is 23.8 Å². The summed E-state index contributed by atoms with van der Waals surface area (Å²) in [5.41, 5.74) is 2.58. The maximum atomic E-state index is 12.3. The average molecular weight is 384 g/mol. The monoisotopic (exact) mass is 384 g/mol. The number of carbonyl (C=O) groups is 3. The second-order valence-corrected chi connectivity index (χ2v) is 6.37. The fourth-order valence-electron chi connectivity index (χ4n) is 2.87. The minimum Gasteiger partial charge on any atom is -0.493 e. The molecule has 0 saturated heterocycles. The number of para-hydroxylation sites is 1. The van der Waals surface area contributed by atoms with Crippen molar-refractivity contribution >= 4 is 17.8 Å². The van der Waals surface area contributed by atoms with E-state index in [1.807, 2.05) is 19.9 Å². The predicted octanol–water partition coefficient (Wildman–Crippen LogP) is 2.37. The highest BCUT2D eigenvalue weighted by molar-refractivity contribution is 5.99. The molecule has 3 N–H and O–H groups in total. The number of aryl methyl sites for hydroxylation is 2. The van der Waals surface area contributed by atoms with Crippen molar-refractivity contribution in [1.29, 1.82) is 0 Å². The topological polar surface area (TPSA) is 105 Å². The molecular formula is C21H24N2O5. The van der Waals surface area contributed by atoms with Crippen LogP contribution in [-0.2, 0) is 9.59 Å². The molecular weight excluding hydrogens is 360 g/mol. The van der Waals surface area contributed by atoms with Gasteiger partial charge < -0.3 is 20.5 Å². The van der Waals surface area contributed by atoms with Crippen LogP contribution in [0.3, 0.4) is 0 Å². The highest BCUT2D eigenvalue weighted by Crippen LogP contribution is 2.18. The van der Waals surface area contributed by atoms with Gasteiger partial charge in [-0.15, -0.1) is 0 Å². The van der Waals surface area contributed by atoms with Crippen LogP contribution >= 0.6 is 0 Å². The molecule has 1 atom stereocenters. The molecule has 0 spiro atoms. The molecule has 28 heavy (non-hydrogen) atoms. The third-order valence-electron chi connectivity index (χ3n) is 3.97. The first kappa shape index (κ1) is 21.0. The quantitative estimate of drug-likeness (QED) is 0.648. The summed E-state index contributed by atoms with van der Waals surface area (Å²) < 4.78 is 5.40. The number of carboxylic acid groups (broad SMARTS) is 1. The van der Waals surface area contributed by atoms with Gasteiger partial charge in [0.1, 0.15) is 5.75 Å². The molecule has 0 aromatic heterocycles. The van der Waals surface area contributed by atoms with Crippen LogP contribution < -0.4 is 15.4 Å². The van der Waals surface area contributed by atoms with Gasteiger partial charge in [0.05, 0.1) is 18.7 Å². The molecule has 0 fully saturated rings. The minimum atomic E-state index is -1.20. The molecule has 0 bridgehead atoms. The Bertz CT molecular complexity index is 859. The van der Waals surface area contributed by atoms with Crippen LogP contribution in [0.2, 0.25) is 0 Å². The molecule has 1 unspecified atom stereocenters. The Kier molecular flexibility index (Phi) is 7.14. The number of ether oxygens (including phenoxy) is 1. The zero-order chi connectivity index (χ0) is 20.7. The molecule has 0 aliphatic rings. The Morgan fingerprint density at radius 1 is 1.07 bits per heavy atom. The lowest BCUT2D eigenvalue weighted by molar-refractivity contribution is -0.141. The van der Waals surface area contributed by atoms with Gasteiger partial charge in [-0.05, 0) is 38.5 Å². The van der Waals surface area contributed by atoms with Crippen LogP contribution in [0.5, 0.6) is 5.75 Å². The fourth-order valence-corrected chi connectivity index (χ4v) is 2.87. The number of aliphatic carboxylic acids is 1. The Labute approximate surface area is 163 Å². The molecule has 0 aliphatic carbocycles. The van der Waals surface area contributed by atoms with E-state index in [0.717, 1.165) is 11.1 Å². The number of amides is 2. The van der Waals surface area contributed by atoms with Crippen LogP contribution in [0.4, 0.5) is 0 Å². The van der Waals surface area contributed by atoms with Gasteiger partial charge in [-0.3, -0.25) is 9.59 Å². The van der Waals surface area contributed by atoms with Gasteiger partial charge in [0.2, 0.25) is 5.91 Å². The van der Waals surface area contributed by atoms with Gasteiger partial charge in [-0.1, -0.05) is 41.5 Å². The second-order valence-electron chi connectivity index (χ2n) is 6.37. The van der Waals surface area contributed by atoms with Crippen molar-refractivity contribution in [3.8, 4) is 5.75 Å². The number of hydrogen-bond acceptors (Lipinski definition) is 4. The van der Waals surface area contributed by atoms with Gasteiger partial charge in [-0.25, -0.2) is 4.79 Å². The van der Waals surface area contributed by atoms with E-state index in [4.69, 9.17) is 4.74 Å². The molecule has 2 amide bonds. The smallest absolute Gasteiger partial charge is 0.330 e. The number of benzene rings is 2. The molecule has 2 rings (SSSR count). The highest BCUT2D eigenvalue weighted by Gasteiger charge is 2.23. The second kappa shape index (κ2) is 9.55. The van der Waals surface area contributed by atoms with Crippen molar-refractivity contribution in [2.75, 3.05) is 13.2 Å². The SMILES string of the molecule is CCOc1ccccc1C(=O)NCC(=O)NC(C(=O)O)c1cc(C)cc(C)c1. The van der Waals surface area contributed by atoms with Crippen LogP contribution in [0.25, 0.3) is 0 Å². The van der Waals surface area contributed by atoms with Crippen molar-refractivity contribution in [3.05, 3.63) is 64.7 Å². The summed E-state index contributed by atoms with van der Waals surface area (Å²) in [4.78, 5) is 36.2. The number of nitrogens with one attached hydrogen (secondary N) is 2. The Hall–Kier alpha value is -3.35. The number of hydrogen-bond donors (Lipinski definition) is 3. The summed E-state index contributed by atoms with van der Waals surface area (Å²) >= 11 is 0. The van der Waals surface area contributed by atoms with Crippen molar-refractivity contribution in [1.82, 2.24) is 10.6 Å². The fraction of sp³-hybridized carbons (Fsp3) is 0.286. The van der Waals surface area contributed by atoms with Gasteiger partial charge >= 0.3 is 5.97 Å². The third-order valence-corrected chi connectivity index (χ3v) is 3.97. The van der Waals surface area contributed by atoms with Crippen LogP contribution in [0, 0.1) is 13.8 Å². The first-order valence-corrected chi connectivity index (χ1v) is 8.92. The van der Waals surface area contributed by atoms with Crippen molar-refractivity contribution in [2.45, 2.75) is 26.8 Å². The number of carboxylic acids is 1. The Morgan fingerprint density at radius 2 is 1.71 bits per heavy atom. The van der Waals surface area contributed by atoms with E-state index in [2.05, 4.69) is 10.6 Å². The third kappa shape index (κ3) is 5.57. The standard InChI is InChI=1S/C21H24N2O5/c1-4-28-17-8-6-5-7-16(17)20(25)22-12-18(24)23-19(21(26)27)15-10-13(2)9-14(3)11-15/h5-11,19H,4,12H2,1-3H3,(H,22,25)(H,23,24)(H,26,27). The molecule has 2 aromatic carbocycles. The van der Waals surface area contributed by atoms with Gasteiger partial charge in [-0.2, -0.15) is 0 Å². The molecule has 0 aliphatic heterocycles. The van der Waals surface area contributed by atoms with Gasteiger partial charge in [0.25, 0.3) is 5.91 Å². The molecule has 0 saturated carbocycles. The maximum absolute atomic E-state index is 12.3. The van der Waals surface area contributed by atoms with E-state index in [-0.39, 0.29) is 6.54 Å². The zero-order valence-electron chi connectivity index (χ0n) is 16.1. The van der Waals surface area contributed by atoms with E-state index in [1.54, 1.807) is 43.3 Å². The maximum Gasteiger partial charge on any atom is 0.330 e. The Morgan fingerprint density at radius 3 is 2.32 bits per heavy atom. The predicted molar refractivity (Wildman–Crippen MR) is 104 cm³/mol. The van der Waals surface area contributed by atoms with Crippen molar-refractivity contribution in [2.24, 2.45) is 0 Å². The number of rotatable bonds is 8. The largest absolute Gasteiger partial charge is 0.493 e. The van der Waals surface area contributed by atoms with Crippen LogP contribution in [-0.4, -0.2) is 36.0 Å². The lowest BCUT2D eigenvalue weighted by Gasteiger charge is -2.17. The van der Waals surface area contributed by atoms with Crippen molar-refractivity contribution < 1.29 is 24.2 Å². The Balaban J connectivity index is 2.04. The molecule has 0 radical (unpaired) electrons. The summed E-state index contributed by atoms with van der Waals surface area (Å²) in [7, 11) is 0. The molecule has 7 nitrogen and oxygen atoms in total. The van der Waals surface area contributed by atoms with E-state index >= 15 is 0 Å². The summed E-state index contributed by atoms with van der Waals surface area (Å²) in [5, 5.41) is 14.4. The van der Waals surface area contributed by atoms with Crippen LogP contribution in [0.1, 0.15) is 40.0 Å². The summed E-state index contributed by atoms with van der Waals surface area (Å²) in [5.74, 6) is -1.83. The first-order chi connectivity index (χ1) is 13.3. The summed E-state index contributed by atoms with van der Waals surface area (Å²) in [6.45, 7) is 5.57. The lowest BCUT2D eigenvalue weighted by atomic mass is 10.0. The summed E-state index contributed by atoms with van der Waals surface area (Å²) in [6, 6.07) is 10.8. The summed E-state index contributed by atoms with van der Waals surface area (Å²) in [6.07, 6.45) is 0. The normalized spacial score (nSPS) is 11.4. The molecule has 7 heteroatoms. The van der Waals surface area contributed by atoms with Crippen molar-refractivity contribution in [3.63, 3.8) is 0 Å². The molecule has 148 valence electrons. The zero-order valence-corrected chi connectivity index (χ0v) is 16.1. The first-order valence-electron chi connectivity index (χ1n) is 8.92. The highest BCUT2D eigenvalue weighted by atomic mass is 16.5. The lowest BCUT2D eigenvalue weighted by Crippen LogP contribution is -2.41.